The van der Waals surface area contributed by atoms with Crippen molar-refractivity contribution < 1.29 is 0 Å². The third kappa shape index (κ3) is 3.06. The van der Waals surface area contributed by atoms with Crippen LogP contribution in [0.4, 0.5) is 5.69 Å². The first-order valence-corrected chi connectivity index (χ1v) is 5.77. The summed E-state index contributed by atoms with van der Waals surface area (Å²) in [6.07, 6.45) is 5.41. The molecule has 1 unspecified atom stereocenters. The zero-order valence-electron chi connectivity index (χ0n) is 10.5. The van der Waals surface area contributed by atoms with Crippen LogP contribution in [0.15, 0.2) is 47.7 Å². The van der Waals surface area contributed by atoms with Crippen molar-refractivity contribution in [3.63, 3.8) is 0 Å². The maximum atomic E-state index is 6.38. The van der Waals surface area contributed by atoms with Gasteiger partial charge < -0.3 is 17.2 Å². The van der Waals surface area contributed by atoms with Crippen molar-refractivity contribution in [2.24, 2.45) is 11.5 Å². The van der Waals surface area contributed by atoms with Crippen LogP contribution in [0.2, 0.25) is 0 Å². The van der Waals surface area contributed by atoms with Crippen LogP contribution < -0.4 is 17.2 Å². The van der Waals surface area contributed by atoms with E-state index in [0.29, 0.717) is 0 Å². The van der Waals surface area contributed by atoms with Crippen LogP contribution in [-0.4, -0.2) is 5.54 Å². The molecule has 4 heteroatoms. The van der Waals surface area contributed by atoms with Crippen molar-refractivity contribution in [2.45, 2.75) is 25.3 Å². The van der Waals surface area contributed by atoms with Gasteiger partial charge >= 0.3 is 0 Å². The molecule has 0 aliphatic heterocycles. The van der Waals surface area contributed by atoms with Gasteiger partial charge in [0.2, 0.25) is 0 Å². The second-order valence-electron chi connectivity index (χ2n) is 4.85. The topological polar surface area (TPSA) is 78.1 Å². The molecule has 1 aromatic carbocycles. The van der Waals surface area contributed by atoms with E-state index in [0.717, 1.165) is 35.4 Å². The van der Waals surface area contributed by atoms with E-state index < -0.39 is 0 Å². The van der Waals surface area contributed by atoms with Crippen molar-refractivity contribution >= 4 is 18.1 Å². The van der Waals surface area contributed by atoms with Gasteiger partial charge in [-0.15, -0.1) is 12.4 Å². The highest BCUT2D eigenvalue weighted by Gasteiger charge is 2.26. The normalized spacial score (nSPS) is 22.8. The van der Waals surface area contributed by atoms with Crippen molar-refractivity contribution in [1.29, 1.82) is 0 Å². The molecule has 0 aromatic heterocycles. The summed E-state index contributed by atoms with van der Waals surface area (Å²) in [5, 5.41) is 0. The summed E-state index contributed by atoms with van der Waals surface area (Å²) >= 11 is 0. The molecule has 0 saturated heterocycles. The van der Waals surface area contributed by atoms with E-state index in [1.165, 1.54) is 0 Å². The molecular weight excluding hydrogens is 246 g/mol. The Labute approximate surface area is 114 Å². The lowest BCUT2D eigenvalue weighted by Gasteiger charge is -2.30. The summed E-state index contributed by atoms with van der Waals surface area (Å²) < 4.78 is 0. The summed E-state index contributed by atoms with van der Waals surface area (Å²) in [4.78, 5) is 0. The predicted octanol–water partition coefficient (Wildman–Crippen LogP) is 2.12. The van der Waals surface area contributed by atoms with Crippen LogP contribution in [0.1, 0.15) is 18.9 Å². The number of hydrogen-bond acceptors (Lipinski definition) is 3. The Kier molecular flexibility index (Phi) is 4.43. The van der Waals surface area contributed by atoms with Crippen LogP contribution in [-0.2, 0) is 6.42 Å². The number of para-hydroxylation sites is 1. The number of halogens is 1. The smallest absolute Gasteiger partial charge is 0.0422 e. The van der Waals surface area contributed by atoms with Crippen LogP contribution in [0.3, 0.4) is 0 Å². The van der Waals surface area contributed by atoms with Gasteiger partial charge in [-0.05, 0) is 43.0 Å². The number of allylic oxidation sites excluding steroid dienone is 1. The first kappa shape index (κ1) is 14.6. The second-order valence-corrected chi connectivity index (χ2v) is 4.85. The third-order valence-electron chi connectivity index (χ3n) is 3.26. The highest BCUT2D eigenvalue weighted by atomic mass is 35.5. The van der Waals surface area contributed by atoms with Crippen LogP contribution in [0.5, 0.6) is 0 Å². The number of nitrogen functional groups attached to an aromatic ring is 1. The Morgan fingerprint density at radius 1 is 1.22 bits per heavy atom. The average molecular weight is 266 g/mol. The molecule has 1 aromatic rings. The monoisotopic (exact) mass is 265 g/mol. The highest BCUT2D eigenvalue weighted by molar-refractivity contribution is 5.85. The molecule has 1 aliphatic carbocycles. The lowest BCUT2D eigenvalue weighted by atomic mass is 9.81. The van der Waals surface area contributed by atoms with Crippen molar-refractivity contribution in [3.8, 4) is 0 Å². The quantitative estimate of drug-likeness (QED) is 0.717. The van der Waals surface area contributed by atoms with Gasteiger partial charge in [0.25, 0.3) is 0 Å². The summed E-state index contributed by atoms with van der Waals surface area (Å²) in [5.41, 5.74) is 21.6. The number of benzene rings is 1. The van der Waals surface area contributed by atoms with Gasteiger partial charge in [-0.1, -0.05) is 24.3 Å². The van der Waals surface area contributed by atoms with E-state index in [-0.39, 0.29) is 17.9 Å². The standard InChI is InChI=1S/C14H19N3.ClH/c1-10-8-14(17,7-6-12(10)15)9-11-4-2-3-5-13(11)16;/h2-7H,8-9,15-17H2,1H3;1H. The first-order chi connectivity index (χ1) is 8.00. The van der Waals surface area contributed by atoms with Gasteiger partial charge in [-0.25, -0.2) is 0 Å². The van der Waals surface area contributed by atoms with E-state index in [1.54, 1.807) is 0 Å². The van der Waals surface area contributed by atoms with Gasteiger partial charge in [-0.3, -0.25) is 0 Å². The fourth-order valence-electron chi connectivity index (χ4n) is 2.22. The molecule has 1 aliphatic rings. The molecule has 3 nitrogen and oxygen atoms in total. The molecule has 2 rings (SSSR count). The number of nitrogens with two attached hydrogens (primary N) is 3. The number of rotatable bonds is 2. The Morgan fingerprint density at radius 2 is 1.89 bits per heavy atom. The molecule has 0 fully saturated rings. The van der Waals surface area contributed by atoms with Crippen molar-refractivity contribution in [1.82, 2.24) is 0 Å². The largest absolute Gasteiger partial charge is 0.399 e. The fraction of sp³-hybridized carbons (Fsp3) is 0.286. The average Bonchev–Trinajstić information content (AvgIpc) is 2.28. The Balaban J connectivity index is 0.00000162. The minimum Gasteiger partial charge on any atom is -0.399 e. The SMILES string of the molecule is CC1=C(N)C=CC(N)(Cc2ccccc2N)C1.Cl. The van der Waals surface area contributed by atoms with E-state index in [4.69, 9.17) is 17.2 Å². The Morgan fingerprint density at radius 3 is 2.50 bits per heavy atom. The van der Waals surface area contributed by atoms with E-state index in [1.807, 2.05) is 43.3 Å². The number of hydrogen-bond donors (Lipinski definition) is 3. The maximum Gasteiger partial charge on any atom is 0.0422 e. The van der Waals surface area contributed by atoms with Crippen LogP contribution in [0.25, 0.3) is 0 Å². The molecule has 6 N–H and O–H groups in total. The summed E-state index contributed by atoms with van der Waals surface area (Å²) in [6.45, 7) is 2.02. The molecule has 0 radical (unpaired) electrons. The molecule has 0 heterocycles. The molecule has 98 valence electrons. The minimum absolute atomic E-state index is 0. The molecule has 1 atom stereocenters. The van der Waals surface area contributed by atoms with Gasteiger partial charge in [0.15, 0.2) is 0 Å². The molecule has 0 bridgehead atoms. The lowest BCUT2D eigenvalue weighted by Crippen LogP contribution is -2.42. The van der Waals surface area contributed by atoms with Gasteiger partial charge in [-0.2, -0.15) is 0 Å². The van der Waals surface area contributed by atoms with Gasteiger partial charge in [0.1, 0.15) is 0 Å². The van der Waals surface area contributed by atoms with Crippen LogP contribution in [0, 0.1) is 0 Å². The van der Waals surface area contributed by atoms with Gasteiger partial charge in [0.05, 0.1) is 0 Å². The summed E-state index contributed by atoms with van der Waals surface area (Å²) in [6, 6.07) is 7.84. The third-order valence-corrected chi connectivity index (χ3v) is 3.26. The summed E-state index contributed by atoms with van der Waals surface area (Å²) in [5.74, 6) is 0. The second kappa shape index (κ2) is 5.46. The fourth-order valence-corrected chi connectivity index (χ4v) is 2.22. The predicted molar refractivity (Wildman–Crippen MR) is 79.4 cm³/mol. The van der Waals surface area contributed by atoms with Gasteiger partial charge in [0, 0.05) is 16.9 Å². The molecule has 18 heavy (non-hydrogen) atoms. The summed E-state index contributed by atoms with van der Waals surface area (Å²) in [7, 11) is 0. The molecule has 0 spiro atoms. The van der Waals surface area contributed by atoms with E-state index in [9.17, 15) is 0 Å². The van der Waals surface area contributed by atoms with E-state index >= 15 is 0 Å². The Hall–Kier alpha value is -1.45. The van der Waals surface area contributed by atoms with Crippen LogP contribution >= 0.6 is 12.4 Å². The maximum absolute atomic E-state index is 6.38. The molecule has 0 amide bonds. The number of anilines is 1. The first-order valence-electron chi connectivity index (χ1n) is 5.77. The molecule has 0 saturated carbocycles. The minimum atomic E-state index is -0.373. The van der Waals surface area contributed by atoms with Crippen molar-refractivity contribution in [3.05, 3.63) is 53.3 Å². The lowest BCUT2D eigenvalue weighted by molar-refractivity contribution is 0.511. The zero-order chi connectivity index (χ0) is 12.5. The van der Waals surface area contributed by atoms with Crippen molar-refractivity contribution in [2.75, 3.05) is 5.73 Å². The highest BCUT2D eigenvalue weighted by Crippen LogP contribution is 2.27. The van der Waals surface area contributed by atoms with E-state index in [2.05, 4.69) is 0 Å². The Bertz CT molecular complexity index is 494. The zero-order valence-corrected chi connectivity index (χ0v) is 11.3. The molecular formula is C14H20ClN3.